The molecule has 1 spiro atoms. The minimum atomic E-state index is -0.661. The van der Waals surface area contributed by atoms with Crippen molar-refractivity contribution in [2.45, 2.75) is 71.3 Å². The summed E-state index contributed by atoms with van der Waals surface area (Å²) in [6.07, 6.45) is 10.9. The Morgan fingerprint density at radius 1 is 1.06 bits per heavy atom. The largest absolute Gasteiger partial charge is 0.481 e. The molecule has 4 fully saturated rings. The van der Waals surface area contributed by atoms with Crippen molar-refractivity contribution in [2.24, 2.45) is 34.0 Å². The van der Waals surface area contributed by atoms with Crippen molar-refractivity contribution in [2.75, 3.05) is 0 Å². The summed E-state index contributed by atoms with van der Waals surface area (Å²) < 4.78 is 6.20. The number of hydrogen-bond acceptors (Lipinski definition) is 3. The van der Waals surface area contributed by atoms with Crippen LogP contribution in [0.3, 0.4) is 0 Å². The Labute approximate surface area is 197 Å². The van der Waals surface area contributed by atoms with E-state index in [2.05, 4.69) is 13.5 Å². The molecule has 4 heteroatoms. The summed E-state index contributed by atoms with van der Waals surface area (Å²) in [5.41, 5.74) is 1.25. The van der Waals surface area contributed by atoms with Gasteiger partial charge in [-0.15, -0.1) is 0 Å². The van der Waals surface area contributed by atoms with Gasteiger partial charge >= 0.3 is 11.9 Å². The van der Waals surface area contributed by atoms with E-state index in [0.29, 0.717) is 11.8 Å². The van der Waals surface area contributed by atoms with Gasteiger partial charge in [0.25, 0.3) is 0 Å². The van der Waals surface area contributed by atoms with E-state index in [1.165, 1.54) is 6.08 Å². The van der Waals surface area contributed by atoms with Crippen molar-refractivity contribution in [3.63, 3.8) is 0 Å². The number of aliphatic carboxylic acids is 1. The number of carboxylic acid groups (broad SMARTS) is 1. The van der Waals surface area contributed by atoms with Crippen molar-refractivity contribution in [1.82, 2.24) is 0 Å². The second-order valence-corrected chi connectivity index (χ2v) is 11.6. The predicted molar refractivity (Wildman–Crippen MR) is 128 cm³/mol. The van der Waals surface area contributed by atoms with Crippen LogP contribution in [0, 0.1) is 34.0 Å². The van der Waals surface area contributed by atoms with Crippen molar-refractivity contribution in [3.05, 3.63) is 54.1 Å². The maximum absolute atomic E-state index is 12.9. The number of carboxylic acids is 1. The van der Waals surface area contributed by atoms with Crippen molar-refractivity contribution >= 4 is 18.0 Å². The van der Waals surface area contributed by atoms with Gasteiger partial charge in [0.1, 0.15) is 6.10 Å². The van der Waals surface area contributed by atoms with E-state index in [0.717, 1.165) is 62.5 Å². The van der Waals surface area contributed by atoms with Crippen molar-refractivity contribution in [1.29, 1.82) is 0 Å². The Balaban J connectivity index is 1.44. The van der Waals surface area contributed by atoms with Gasteiger partial charge in [0.05, 0.1) is 5.41 Å². The predicted octanol–water partition coefficient (Wildman–Crippen LogP) is 6.28. The summed E-state index contributed by atoms with van der Waals surface area (Å²) in [4.78, 5) is 25.3. The van der Waals surface area contributed by atoms with Gasteiger partial charge in [-0.25, -0.2) is 4.79 Å². The molecule has 0 unspecified atom stereocenters. The van der Waals surface area contributed by atoms with Crippen molar-refractivity contribution < 1.29 is 19.4 Å². The monoisotopic (exact) mass is 448 g/mol. The molecule has 5 rings (SSSR count). The Bertz CT molecular complexity index is 996. The van der Waals surface area contributed by atoms with Crippen LogP contribution in [0.4, 0.5) is 0 Å². The zero-order valence-electron chi connectivity index (χ0n) is 19.9. The van der Waals surface area contributed by atoms with Gasteiger partial charge in [0.15, 0.2) is 0 Å². The van der Waals surface area contributed by atoms with Crippen LogP contribution in [0.25, 0.3) is 6.08 Å². The fourth-order valence-electron chi connectivity index (χ4n) is 8.67. The minimum absolute atomic E-state index is 0.0379. The number of carbonyl (C=O) groups excluding carboxylic acids is 1. The van der Waals surface area contributed by atoms with E-state index in [1.807, 2.05) is 37.3 Å². The van der Waals surface area contributed by atoms with E-state index < -0.39 is 11.4 Å². The Kier molecular flexibility index (Phi) is 5.34. The van der Waals surface area contributed by atoms with Gasteiger partial charge in [0, 0.05) is 11.5 Å². The number of benzene rings is 1. The lowest BCUT2D eigenvalue weighted by Crippen LogP contribution is -2.60. The number of ether oxygens (including phenoxy) is 1. The van der Waals surface area contributed by atoms with Crippen LogP contribution in [0.1, 0.15) is 70.8 Å². The van der Waals surface area contributed by atoms with Crippen LogP contribution in [-0.4, -0.2) is 23.1 Å². The molecular weight excluding hydrogens is 412 g/mol. The van der Waals surface area contributed by atoms with Crippen LogP contribution >= 0.6 is 0 Å². The quantitative estimate of drug-likeness (QED) is 0.335. The molecule has 0 aliphatic heterocycles. The highest BCUT2D eigenvalue weighted by Gasteiger charge is 2.68. The van der Waals surface area contributed by atoms with E-state index in [-0.39, 0.29) is 28.8 Å². The SMILES string of the molecule is C=C1[C@@H]2CC[C@H]3[C@]4(C)CCC[C@](C)(C(=O)O)[C@H]4CC[C@]3(C2)[C@H]1OC(=O)C=Cc1ccccc1. The smallest absolute Gasteiger partial charge is 0.331 e. The van der Waals surface area contributed by atoms with Gasteiger partial charge < -0.3 is 9.84 Å². The van der Waals surface area contributed by atoms with Gasteiger partial charge in [-0.3, -0.25) is 4.79 Å². The molecule has 0 saturated heterocycles. The summed E-state index contributed by atoms with van der Waals surface area (Å²) >= 11 is 0. The number of fused-ring (bicyclic) bond motifs is 3. The molecule has 4 aliphatic rings. The lowest BCUT2D eigenvalue weighted by Gasteiger charge is -2.63. The molecule has 2 bridgehead atoms. The van der Waals surface area contributed by atoms with Crippen LogP contribution in [0.2, 0.25) is 0 Å². The first-order valence-corrected chi connectivity index (χ1v) is 12.6. The second kappa shape index (κ2) is 7.85. The van der Waals surface area contributed by atoms with E-state index >= 15 is 0 Å². The molecule has 4 saturated carbocycles. The molecule has 176 valence electrons. The fraction of sp³-hybridized carbons (Fsp3) is 0.586. The molecule has 1 aromatic rings. The van der Waals surface area contributed by atoms with E-state index in [9.17, 15) is 14.7 Å². The van der Waals surface area contributed by atoms with Gasteiger partial charge in [-0.05, 0) is 92.3 Å². The molecule has 0 amide bonds. The maximum atomic E-state index is 12.9. The highest BCUT2D eigenvalue weighted by atomic mass is 16.5. The summed E-state index contributed by atoms with van der Waals surface area (Å²) in [5, 5.41) is 10.2. The topological polar surface area (TPSA) is 63.6 Å². The average molecular weight is 449 g/mol. The second-order valence-electron chi connectivity index (χ2n) is 11.6. The normalized spacial score (nSPS) is 41.9. The van der Waals surface area contributed by atoms with E-state index in [4.69, 9.17) is 4.74 Å². The third-order valence-electron chi connectivity index (χ3n) is 10.1. The van der Waals surface area contributed by atoms with E-state index in [1.54, 1.807) is 6.08 Å². The first kappa shape index (κ1) is 22.4. The maximum Gasteiger partial charge on any atom is 0.331 e. The first-order chi connectivity index (χ1) is 15.7. The highest BCUT2D eigenvalue weighted by molar-refractivity contribution is 5.87. The standard InChI is InChI=1S/C29H36O4/c1-19-21-11-12-23-27(2)15-7-16-28(3,26(31)32)22(27)14-17-29(23,18-21)25(19)33-24(30)13-10-20-8-5-4-6-9-20/h4-6,8-10,13,21-23,25H,1,7,11-12,14-18H2,2-3H3,(H,31,32)/t21-,22+,23+,25+,27-,28+,29-/m1/s1. The summed E-state index contributed by atoms with van der Waals surface area (Å²) in [6, 6.07) is 9.78. The summed E-state index contributed by atoms with van der Waals surface area (Å²) in [7, 11) is 0. The molecule has 1 aromatic carbocycles. The van der Waals surface area contributed by atoms with Gasteiger partial charge in [0.2, 0.25) is 0 Å². The zero-order valence-corrected chi connectivity index (χ0v) is 19.9. The van der Waals surface area contributed by atoms with Gasteiger partial charge in [-0.2, -0.15) is 0 Å². The number of hydrogen-bond donors (Lipinski definition) is 1. The van der Waals surface area contributed by atoms with Crippen LogP contribution < -0.4 is 0 Å². The number of esters is 1. The zero-order chi connectivity index (χ0) is 23.4. The number of carbonyl (C=O) groups is 2. The molecule has 0 radical (unpaired) electrons. The Morgan fingerprint density at radius 3 is 2.55 bits per heavy atom. The third kappa shape index (κ3) is 3.32. The fourth-order valence-corrected chi connectivity index (χ4v) is 8.67. The van der Waals surface area contributed by atoms with Gasteiger partial charge in [-0.1, -0.05) is 50.3 Å². The molecule has 0 aromatic heterocycles. The Morgan fingerprint density at radius 2 is 1.82 bits per heavy atom. The summed E-state index contributed by atoms with van der Waals surface area (Å²) in [5.74, 6) is -0.00242. The molecule has 1 N–H and O–H groups in total. The van der Waals surface area contributed by atoms with Crippen LogP contribution in [0.5, 0.6) is 0 Å². The average Bonchev–Trinajstić information content (AvgIpc) is 2.98. The molecule has 7 atom stereocenters. The molecule has 4 nitrogen and oxygen atoms in total. The van der Waals surface area contributed by atoms with Crippen LogP contribution in [0.15, 0.2) is 48.6 Å². The van der Waals surface area contributed by atoms with Crippen LogP contribution in [-0.2, 0) is 14.3 Å². The first-order valence-electron chi connectivity index (χ1n) is 12.6. The molecular formula is C29H36O4. The number of rotatable bonds is 4. The highest BCUT2D eigenvalue weighted by Crippen LogP contribution is 2.72. The lowest BCUT2D eigenvalue weighted by molar-refractivity contribution is -0.195. The lowest BCUT2D eigenvalue weighted by atomic mass is 9.40. The minimum Gasteiger partial charge on any atom is -0.481 e. The third-order valence-corrected chi connectivity index (χ3v) is 10.1. The molecule has 33 heavy (non-hydrogen) atoms. The molecule has 0 heterocycles. The Hall–Kier alpha value is -2.36. The summed E-state index contributed by atoms with van der Waals surface area (Å²) in [6.45, 7) is 8.74. The van der Waals surface area contributed by atoms with Crippen molar-refractivity contribution in [3.8, 4) is 0 Å². The molecule has 4 aliphatic carbocycles.